The van der Waals surface area contributed by atoms with Gasteiger partial charge in [-0.3, -0.25) is 4.79 Å². The first-order valence-electron chi connectivity index (χ1n) is 9.57. The summed E-state index contributed by atoms with van der Waals surface area (Å²) in [5, 5.41) is 2.82. The fourth-order valence-corrected chi connectivity index (χ4v) is 3.72. The Labute approximate surface area is 182 Å². The van der Waals surface area contributed by atoms with Crippen LogP contribution in [0.5, 0.6) is 17.2 Å². The smallest absolute Gasteiger partial charge is 0.226 e. The number of amides is 1. The lowest BCUT2D eigenvalue weighted by molar-refractivity contribution is -0.116. The molecule has 0 fully saturated rings. The minimum atomic E-state index is -3.54. The molecule has 0 spiro atoms. The van der Waals surface area contributed by atoms with E-state index >= 15 is 0 Å². The Bertz CT molecular complexity index is 1120. The number of para-hydroxylation sites is 3. The number of nitrogens with one attached hydrogen (secondary N) is 2. The van der Waals surface area contributed by atoms with Gasteiger partial charge in [-0.05, 0) is 42.0 Å². The summed E-state index contributed by atoms with van der Waals surface area (Å²) in [6.45, 7) is 0. The zero-order chi connectivity index (χ0) is 22.3. The standard InChI is InChI=1S/C23H24N2O5S/c1-29-18-14-12-17(13-15-18)21(25-31(2,27)28)16-23(26)24-20-10-6-7-11-22(20)30-19-8-4-3-5-9-19/h3-15,21,25H,16H2,1-2H3,(H,24,26)/t21-/m1/s1. The molecular formula is C23H24N2O5S. The topological polar surface area (TPSA) is 93.7 Å². The number of hydrogen-bond donors (Lipinski definition) is 2. The van der Waals surface area contributed by atoms with E-state index in [0.29, 0.717) is 28.5 Å². The van der Waals surface area contributed by atoms with Gasteiger partial charge in [-0.1, -0.05) is 42.5 Å². The normalized spacial score (nSPS) is 12.1. The summed E-state index contributed by atoms with van der Waals surface area (Å²) in [5.41, 5.74) is 1.14. The van der Waals surface area contributed by atoms with Crippen LogP contribution in [0.4, 0.5) is 5.69 Å². The molecule has 0 aliphatic heterocycles. The number of anilines is 1. The molecule has 0 unspecified atom stereocenters. The molecule has 0 aliphatic rings. The summed E-state index contributed by atoms with van der Waals surface area (Å²) >= 11 is 0. The second-order valence-corrected chi connectivity index (χ2v) is 8.66. The van der Waals surface area contributed by atoms with E-state index in [1.54, 1.807) is 55.6 Å². The predicted octanol–water partition coefficient (Wildman–Crippen LogP) is 4.11. The molecule has 0 bridgehead atoms. The lowest BCUT2D eigenvalue weighted by Gasteiger charge is -2.19. The number of rotatable bonds is 9. The van der Waals surface area contributed by atoms with Gasteiger partial charge in [-0.15, -0.1) is 0 Å². The fraction of sp³-hybridized carbons (Fsp3) is 0.174. The van der Waals surface area contributed by atoms with Crippen molar-refractivity contribution in [2.24, 2.45) is 0 Å². The van der Waals surface area contributed by atoms with Crippen molar-refractivity contribution in [2.45, 2.75) is 12.5 Å². The third-order valence-electron chi connectivity index (χ3n) is 4.40. The van der Waals surface area contributed by atoms with Gasteiger partial charge in [0, 0.05) is 6.42 Å². The maximum Gasteiger partial charge on any atom is 0.226 e. The van der Waals surface area contributed by atoms with Crippen molar-refractivity contribution in [3.05, 3.63) is 84.4 Å². The van der Waals surface area contributed by atoms with E-state index in [1.165, 1.54) is 0 Å². The lowest BCUT2D eigenvalue weighted by Crippen LogP contribution is -2.30. The van der Waals surface area contributed by atoms with Crippen LogP contribution >= 0.6 is 0 Å². The van der Waals surface area contributed by atoms with Gasteiger partial charge in [0.05, 0.1) is 25.1 Å². The van der Waals surface area contributed by atoms with E-state index in [9.17, 15) is 13.2 Å². The average molecular weight is 441 g/mol. The van der Waals surface area contributed by atoms with Crippen molar-refractivity contribution < 1.29 is 22.7 Å². The van der Waals surface area contributed by atoms with Gasteiger partial charge in [-0.2, -0.15) is 0 Å². The fourth-order valence-electron chi connectivity index (χ4n) is 2.98. The summed E-state index contributed by atoms with van der Waals surface area (Å²) in [6, 6.07) is 22.4. The summed E-state index contributed by atoms with van der Waals surface area (Å²) in [5.74, 6) is 1.40. The molecule has 3 rings (SSSR count). The van der Waals surface area contributed by atoms with Crippen molar-refractivity contribution in [1.29, 1.82) is 0 Å². The minimum absolute atomic E-state index is 0.0981. The second kappa shape index (κ2) is 10.1. The zero-order valence-electron chi connectivity index (χ0n) is 17.2. The Morgan fingerprint density at radius 2 is 1.55 bits per heavy atom. The van der Waals surface area contributed by atoms with Crippen molar-refractivity contribution in [1.82, 2.24) is 4.72 Å². The van der Waals surface area contributed by atoms with Crippen LogP contribution in [-0.2, 0) is 14.8 Å². The molecule has 0 saturated carbocycles. The third kappa shape index (κ3) is 6.84. The highest BCUT2D eigenvalue weighted by Crippen LogP contribution is 2.30. The second-order valence-electron chi connectivity index (χ2n) is 6.88. The summed E-state index contributed by atoms with van der Waals surface area (Å²) in [6.07, 6.45) is 0.962. The van der Waals surface area contributed by atoms with E-state index in [0.717, 1.165) is 6.26 Å². The van der Waals surface area contributed by atoms with Gasteiger partial charge in [0.25, 0.3) is 0 Å². The molecular weight excluding hydrogens is 416 g/mol. The van der Waals surface area contributed by atoms with Crippen molar-refractivity contribution in [3.8, 4) is 17.2 Å². The van der Waals surface area contributed by atoms with Crippen LogP contribution in [0.25, 0.3) is 0 Å². The molecule has 3 aromatic rings. The van der Waals surface area contributed by atoms with E-state index in [-0.39, 0.29) is 12.3 Å². The van der Waals surface area contributed by atoms with Gasteiger partial charge in [0.15, 0.2) is 5.75 Å². The summed E-state index contributed by atoms with van der Waals surface area (Å²) in [4.78, 5) is 12.8. The monoisotopic (exact) mass is 440 g/mol. The molecule has 0 aliphatic carbocycles. The molecule has 7 nitrogen and oxygen atoms in total. The molecule has 162 valence electrons. The summed E-state index contributed by atoms with van der Waals surface area (Å²) in [7, 11) is -2.00. The van der Waals surface area contributed by atoms with Crippen molar-refractivity contribution >= 4 is 21.6 Å². The number of methoxy groups -OCH3 is 1. The zero-order valence-corrected chi connectivity index (χ0v) is 18.1. The first-order chi connectivity index (χ1) is 14.8. The SMILES string of the molecule is COc1ccc([C@@H](CC(=O)Nc2ccccc2Oc2ccccc2)NS(C)(=O)=O)cc1. The number of benzene rings is 3. The molecule has 0 saturated heterocycles. The first-order valence-corrected chi connectivity index (χ1v) is 11.5. The van der Waals surface area contributed by atoms with Crippen LogP contribution in [-0.4, -0.2) is 27.7 Å². The molecule has 1 atom stereocenters. The Kier molecular flexibility index (Phi) is 7.28. The van der Waals surface area contributed by atoms with E-state index in [1.807, 2.05) is 30.3 Å². The molecule has 31 heavy (non-hydrogen) atoms. The highest BCUT2D eigenvalue weighted by Gasteiger charge is 2.21. The molecule has 0 aromatic heterocycles. The van der Waals surface area contributed by atoms with Crippen LogP contribution in [0.2, 0.25) is 0 Å². The number of hydrogen-bond acceptors (Lipinski definition) is 5. The number of ether oxygens (including phenoxy) is 2. The number of carbonyl (C=O) groups is 1. The average Bonchev–Trinajstić information content (AvgIpc) is 2.74. The Morgan fingerprint density at radius 3 is 2.19 bits per heavy atom. The van der Waals surface area contributed by atoms with Crippen molar-refractivity contribution in [2.75, 3.05) is 18.7 Å². The van der Waals surface area contributed by atoms with Crippen LogP contribution in [0.1, 0.15) is 18.0 Å². The van der Waals surface area contributed by atoms with E-state index < -0.39 is 16.1 Å². The molecule has 1 amide bonds. The van der Waals surface area contributed by atoms with Gasteiger partial charge in [0.2, 0.25) is 15.9 Å². The van der Waals surface area contributed by atoms with Crippen LogP contribution < -0.4 is 19.5 Å². The highest BCUT2D eigenvalue weighted by molar-refractivity contribution is 7.88. The number of carbonyl (C=O) groups excluding carboxylic acids is 1. The molecule has 0 heterocycles. The Balaban J connectivity index is 1.76. The van der Waals surface area contributed by atoms with Gasteiger partial charge >= 0.3 is 0 Å². The molecule has 3 aromatic carbocycles. The molecule has 0 radical (unpaired) electrons. The van der Waals surface area contributed by atoms with Gasteiger partial charge in [-0.25, -0.2) is 13.1 Å². The van der Waals surface area contributed by atoms with Crippen LogP contribution in [0.3, 0.4) is 0 Å². The first kappa shape index (κ1) is 22.3. The Morgan fingerprint density at radius 1 is 0.903 bits per heavy atom. The van der Waals surface area contributed by atoms with E-state index in [4.69, 9.17) is 9.47 Å². The quantitative estimate of drug-likeness (QED) is 0.522. The maximum absolute atomic E-state index is 12.8. The van der Waals surface area contributed by atoms with Crippen molar-refractivity contribution in [3.63, 3.8) is 0 Å². The van der Waals surface area contributed by atoms with Crippen LogP contribution in [0, 0.1) is 0 Å². The van der Waals surface area contributed by atoms with Gasteiger partial charge < -0.3 is 14.8 Å². The molecule has 8 heteroatoms. The minimum Gasteiger partial charge on any atom is -0.497 e. The van der Waals surface area contributed by atoms with E-state index in [2.05, 4.69) is 10.0 Å². The lowest BCUT2D eigenvalue weighted by atomic mass is 10.0. The molecule has 2 N–H and O–H groups in total. The highest BCUT2D eigenvalue weighted by atomic mass is 32.2. The largest absolute Gasteiger partial charge is 0.497 e. The maximum atomic E-state index is 12.8. The predicted molar refractivity (Wildman–Crippen MR) is 120 cm³/mol. The number of sulfonamides is 1. The Hall–Kier alpha value is -3.36. The third-order valence-corrected chi connectivity index (χ3v) is 5.11. The van der Waals surface area contributed by atoms with Crippen LogP contribution in [0.15, 0.2) is 78.9 Å². The summed E-state index contributed by atoms with van der Waals surface area (Å²) < 4.78 is 37.2. The van der Waals surface area contributed by atoms with Gasteiger partial charge in [0.1, 0.15) is 11.5 Å².